The molecule has 39 heavy (non-hydrogen) atoms. The molecule has 0 aliphatic rings. The molecule has 0 aliphatic heterocycles. The van der Waals surface area contributed by atoms with Gasteiger partial charge in [0.25, 0.3) is 0 Å². The SMILES string of the molecule is CC(C)CC(C)CC(C)CCCC=NCCNCCNCCNCCN=CCCCC(C)CC(C)CC(C)C. The molecule has 0 aromatic heterocycles. The lowest BCUT2D eigenvalue weighted by Crippen LogP contribution is -2.34. The zero-order valence-corrected chi connectivity index (χ0v) is 27.7. The summed E-state index contributed by atoms with van der Waals surface area (Å²) >= 11 is 0. The van der Waals surface area contributed by atoms with Crippen LogP contribution in [0.15, 0.2) is 9.98 Å². The Bertz CT molecular complexity index is 512. The van der Waals surface area contributed by atoms with E-state index in [1.165, 1.54) is 51.4 Å². The minimum absolute atomic E-state index is 0.823. The molecule has 0 rings (SSSR count). The summed E-state index contributed by atoms with van der Waals surface area (Å²) in [4.78, 5) is 9.13. The van der Waals surface area contributed by atoms with Gasteiger partial charge in [-0.05, 0) is 99.3 Å². The molecule has 0 heterocycles. The summed E-state index contributed by atoms with van der Waals surface area (Å²) in [6.45, 7) is 26.7. The highest BCUT2D eigenvalue weighted by Crippen LogP contribution is 2.23. The van der Waals surface area contributed by atoms with Crippen molar-refractivity contribution < 1.29 is 0 Å². The second-order valence-corrected chi connectivity index (χ2v) is 13.4. The van der Waals surface area contributed by atoms with Gasteiger partial charge >= 0.3 is 0 Å². The van der Waals surface area contributed by atoms with Gasteiger partial charge < -0.3 is 16.0 Å². The van der Waals surface area contributed by atoms with E-state index < -0.39 is 0 Å². The summed E-state index contributed by atoms with van der Waals surface area (Å²) in [7, 11) is 0. The summed E-state index contributed by atoms with van der Waals surface area (Å²) in [6.07, 6.45) is 17.2. The molecule has 0 amide bonds. The van der Waals surface area contributed by atoms with E-state index in [1.807, 2.05) is 0 Å². The first-order valence-corrected chi connectivity index (χ1v) is 16.8. The Morgan fingerprint density at radius 3 is 1.18 bits per heavy atom. The first-order valence-electron chi connectivity index (χ1n) is 16.8. The predicted molar refractivity (Wildman–Crippen MR) is 178 cm³/mol. The largest absolute Gasteiger partial charge is 0.314 e. The van der Waals surface area contributed by atoms with Crippen molar-refractivity contribution in [1.29, 1.82) is 0 Å². The van der Waals surface area contributed by atoms with Gasteiger partial charge in [-0.1, -0.05) is 68.2 Å². The molecule has 4 unspecified atom stereocenters. The molecule has 0 aromatic rings. The van der Waals surface area contributed by atoms with E-state index in [4.69, 9.17) is 0 Å². The zero-order chi connectivity index (χ0) is 29.1. The van der Waals surface area contributed by atoms with Crippen molar-refractivity contribution in [2.45, 2.75) is 120 Å². The van der Waals surface area contributed by atoms with Crippen LogP contribution < -0.4 is 16.0 Å². The fourth-order valence-corrected chi connectivity index (χ4v) is 5.91. The van der Waals surface area contributed by atoms with Crippen molar-refractivity contribution in [1.82, 2.24) is 16.0 Å². The van der Waals surface area contributed by atoms with Gasteiger partial charge in [0.1, 0.15) is 0 Å². The third-order valence-corrected chi connectivity index (χ3v) is 7.47. The number of aliphatic imine (C=N–C) groups is 2. The highest BCUT2D eigenvalue weighted by molar-refractivity contribution is 5.57. The maximum Gasteiger partial charge on any atom is 0.0510 e. The van der Waals surface area contributed by atoms with Crippen molar-refractivity contribution in [2.75, 3.05) is 52.4 Å². The van der Waals surface area contributed by atoms with Crippen molar-refractivity contribution in [2.24, 2.45) is 45.5 Å². The normalized spacial score (nSPS) is 15.6. The highest BCUT2D eigenvalue weighted by Gasteiger charge is 2.11. The molecule has 0 saturated carbocycles. The number of unbranched alkanes of at least 4 members (excludes halogenated alkanes) is 2. The third-order valence-electron chi connectivity index (χ3n) is 7.47. The van der Waals surface area contributed by atoms with Crippen LogP contribution >= 0.6 is 0 Å². The van der Waals surface area contributed by atoms with Crippen molar-refractivity contribution in [3.63, 3.8) is 0 Å². The molecule has 5 heteroatoms. The third kappa shape index (κ3) is 30.0. The Balaban J connectivity index is 3.37. The summed E-state index contributed by atoms with van der Waals surface area (Å²) < 4.78 is 0. The summed E-state index contributed by atoms with van der Waals surface area (Å²) in [5, 5.41) is 10.4. The molecule has 0 saturated heterocycles. The van der Waals surface area contributed by atoms with Crippen LogP contribution in [-0.2, 0) is 0 Å². The fraction of sp³-hybridized carbons (Fsp3) is 0.941. The second kappa shape index (κ2) is 27.4. The van der Waals surface area contributed by atoms with Gasteiger partial charge in [-0.2, -0.15) is 0 Å². The first kappa shape index (κ1) is 38.2. The van der Waals surface area contributed by atoms with Crippen LogP contribution in [-0.4, -0.2) is 64.8 Å². The molecule has 4 atom stereocenters. The Morgan fingerprint density at radius 1 is 0.462 bits per heavy atom. The van der Waals surface area contributed by atoms with Crippen molar-refractivity contribution >= 4 is 12.4 Å². The molecule has 0 radical (unpaired) electrons. The molecule has 0 aliphatic carbocycles. The van der Waals surface area contributed by atoms with E-state index in [0.29, 0.717) is 0 Å². The van der Waals surface area contributed by atoms with Crippen LogP contribution in [0.3, 0.4) is 0 Å². The Kier molecular flexibility index (Phi) is 26.8. The topological polar surface area (TPSA) is 60.8 Å². The average Bonchev–Trinajstić information content (AvgIpc) is 2.83. The summed E-state index contributed by atoms with van der Waals surface area (Å²) in [5.41, 5.74) is 0. The van der Waals surface area contributed by atoms with E-state index in [0.717, 1.165) is 101 Å². The lowest BCUT2D eigenvalue weighted by molar-refractivity contribution is 0.340. The monoisotopic (exact) mass is 550 g/mol. The number of nitrogens with zero attached hydrogens (tertiary/aromatic N) is 2. The molecule has 0 bridgehead atoms. The molecular weight excluding hydrogens is 478 g/mol. The van der Waals surface area contributed by atoms with E-state index in [2.05, 4.69) is 93.8 Å². The quantitative estimate of drug-likeness (QED) is 0.0693. The van der Waals surface area contributed by atoms with Gasteiger partial charge in [0.2, 0.25) is 0 Å². The zero-order valence-electron chi connectivity index (χ0n) is 27.7. The van der Waals surface area contributed by atoms with Crippen LogP contribution in [0.4, 0.5) is 0 Å². The minimum atomic E-state index is 0.823. The Labute approximate surface area is 245 Å². The smallest absolute Gasteiger partial charge is 0.0510 e. The number of rotatable bonds is 28. The fourth-order valence-electron chi connectivity index (χ4n) is 5.91. The summed E-state index contributed by atoms with van der Waals surface area (Å²) in [5.74, 6) is 5.04. The van der Waals surface area contributed by atoms with E-state index in [-0.39, 0.29) is 0 Å². The Hall–Kier alpha value is -0.780. The molecular formula is C34H71N5. The summed E-state index contributed by atoms with van der Waals surface area (Å²) in [6, 6.07) is 0. The van der Waals surface area contributed by atoms with Gasteiger partial charge in [0, 0.05) is 39.3 Å². The standard InChI is InChI=1S/C34H71N5/c1-29(2)25-33(7)27-31(5)13-9-11-15-35-17-19-37-21-23-39-24-22-38-20-18-36-16-12-10-14-32(6)28-34(8)26-30(3)4/h15-16,29-34,37-39H,9-14,17-28H2,1-8H3. The second-order valence-electron chi connectivity index (χ2n) is 13.4. The van der Waals surface area contributed by atoms with Gasteiger partial charge in [0.05, 0.1) is 13.1 Å². The molecule has 0 spiro atoms. The van der Waals surface area contributed by atoms with Crippen LogP contribution in [0.5, 0.6) is 0 Å². The minimum Gasteiger partial charge on any atom is -0.314 e. The molecule has 232 valence electrons. The van der Waals surface area contributed by atoms with Crippen LogP contribution in [0.25, 0.3) is 0 Å². The molecule has 5 nitrogen and oxygen atoms in total. The van der Waals surface area contributed by atoms with E-state index >= 15 is 0 Å². The van der Waals surface area contributed by atoms with Gasteiger partial charge in [0.15, 0.2) is 0 Å². The predicted octanol–water partition coefficient (Wildman–Crippen LogP) is 7.65. The van der Waals surface area contributed by atoms with E-state index in [9.17, 15) is 0 Å². The maximum absolute atomic E-state index is 4.56. The lowest BCUT2D eigenvalue weighted by Gasteiger charge is -2.18. The average molecular weight is 550 g/mol. The number of nitrogens with one attached hydrogen (secondary N) is 3. The Morgan fingerprint density at radius 2 is 0.821 bits per heavy atom. The molecule has 0 aromatic carbocycles. The molecule has 0 fully saturated rings. The lowest BCUT2D eigenvalue weighted by atomic mass is 9.88. The van der Waals surface area contributed by atoms with Crippen LogP contribution in [0, 0.1) is 35.5 Å². The van der Waals surface area contributed by atoms with E-state index in [1.54, 1.807) is 0 Å². The van der Waals surface area contributed by atoms with Crippen molar-refractivity contribution in [3.8, 4) is 0 Å². The number of hydrogen-bond donors (Lipinski definition) is 3. The molecule has 3 N–H and O–H groups in total. The van der Waals surface area contributed by atoms with Gasteiger partial charge in [-0.15, -0.1) is 0 Å². The first-order chi connectivity index (χ1) is 18.7. The maximum atomic E-state index is 4.56. The van der Waals surface area contributed by atoms with Crippen LogP contribution in [0.1, 0.15) is 120 Å². The van der Waals surface area contributed by atoms with Gasteiger partial charge in [-0.3, -0.25) is 9.98 Å². The number of hydrogen-bond acceptors (Lipinski definition) is 5. The van der Waals surface area contributed by atoms with Gasteiger partial charge in [-0.25, -0.2) is 0 Å². The van der Waals surface area contributed by atoms with Crippen LogP contribution in [0.2, 0.25) is 0 Å². The van der Waals surface area contributed by atoms with Crippen molar-refractivity contribution in [3.05, 3.63) is 0 Å². The highest BCUT2D eigenvalue weighted by atomic mass is 15.0.